The van der Waals surface area contributed by atoms with Crippen LogP contribution in [-0.4, -0.2) is 49.6 Å². The molecule has 7 nitrogen and oxygen atoms in total. The first-order valence-corrected chi connectivity index (χ1v) is 7.96. The van der Waals surface area contributed by atoms with Crippen LogP contribution in [-0.2, 0) is 25.6 Å². The summed E-state index contributed by atoms with van der Waals surface area (Å²) in [6, 6.07) is 6.33. The molecule has 0 aromatic heterocycles. The van der Waals surface area contributed by atoms with Crippen molar-refractivity contribution in [1.29, 1.82) is 0 Å². The van der Waals surface area contributed by atoms with Gasteiger partial charge in [-0.2, -0.15) is 0 Å². The molecule has 1 amide bonds. The van der Waals surface area contributed by atoms with Crippen molar-refractivity contribution < 1.29 is 28.5 Å². The van der Waals surface area contributed by atoms with Crippen molar-refractivity contribution in [2.75, 3.05) is 21.0 Å². The molecule has 0 heterocycles. The highest BCUT2D eigenvalue weighted by Crippen LogP contribution is 2.15. The second-order valence-electron chi connectivity index (χ2n) is 6.50. The van der Waals surface area contributed by atoms with Crippen molar-refractivity contribution in [3.05, 3.63) is 29.8 Å². The van der Waals surface area contributed by atoms with E-state index in [9.17, 15) is 9.59 Å². The van der Waals surface area contributed by atoms with E-state index in [1.807, 2.05) is 0 Å². The number of amides is 1. The van der Waals surface area contributed by atoms with Crippen molar-refractivity contribution in [2.45, 2.75) is 45.9 Å². The van der Waals surface area contributed by atoms with Gasteiger partial charge in [-0.3, -0.25) is 4.90 Å². The summed E-state index contributed by atoms with van der Waals surface area (Å²) in [5, 5.41) is 0. The highest BCUT2D eigenvalue weighted by molar-refractivity contribution is 5.81. The molecule has 0 fully saturated rings. The molecule has 0 aliphatic carbocycles. The van der Waals surface area contributed by atoms with Gasteiger partial charge in [0, 0.05) is 7.11 Å². The number of carbonyl (C=O) groups excluding carboxylic acids is 2. The molecule has 1 aromatic rings. The third-order valence-corrected chi connectivity index (χ3v) is 3.24. The molecule has 0 saturated carbocycles. The maximum Gasteiger partial charge on any atom is 0.412 e. The lowest BCUT2D eigenvalue weighted by atomic mass is 10.2. The predicted molar refractivity (Wildman–Crippen MR) is 92.2 cm³/mol. The van der Waals surface area contributed by atoms with Crippen molar-refractivity contribution in [3.8, 4) is 5.75 Å². The van der Waals surface area contributed by atoms with Crippen molar-refractivity contribution >= 4 is 12.1 Å². The van der Waals surface area contributed by atoms with Gasteiger partial charge in [-0.1, -0.05) is 12.1 Å². The molecule has 0 aliphatic rings. The van der Waals surface area contributed by atoms with Crippen molar-refractivity contribution in [1.82, 2.24) is 4.90 Å². The van der Waals surface area contributed by atoms with Gasteiger partial charge in [0.1, 0.15) is 30.7 Å². The zero-order valence-corrected chi connectivity index (χ0v) is 15.7. The Kier molecular flexibility index (Phi) is 7.70. The van der Waals surface area contributed by atoms with Crippen LogP contribution in [0.1, 0.15) is 33.3 Å². The fourth-order valence-electron chi connectivity index (χ4n) is 1.91. The first-order chi connectivity index (χ1) is 11.7. The standard InChI is InChI=1S/C18H27NO6/c1-13(19(12-22-5)17(21)25-18(2,3)4)16(20)24-11-14-7-9-15(23-6)10-8-14/h7-10,13H,11-12H2,1-6H3/t13-/m0/s1. The Balaban J connectivity index is 2.67. The summed E-state index contributed by atoms with van der Waals surface area (Å²) in [7, 11) is 3.02. The second kappa shape index (κ2) is 9.27. The van der Waals surface area contributed by atoms with Crippen LogP contribution in [0.25, 0.3) is 0 Å². The molecule has 7 heteroatoms. The van der Waals surface area contributed by atoms with E-state index in [4.69, 9.17) is 18.9 Å². The summed E-state index contributed by atoms with van der Waals surface area (Å²) in [5.41, 5.74) is 0.146. The minimum Gasteiger partial charge on any atom is -0.497 e. The van der Waals surface area contributed by atoms with Crippen LogP contribution in [0.3, 0.4) is 0 Å². The van der Waals surface area contributed by atoms with Crippen LogP contribution >= 0.6 is 0 Å². The SMILES string of the molecule is COCN(C(=O)OC(C)(C)C)[C@@H](C)C(=O)OCc1ccc(OC)cc1. The molecular formula is C18H27NO6. The largest absolute Gasteiger partial charge is 0.497 e. The van der Waals surface area contributed by atoms with Crippen molar-refractivity contribution in [2.24, 2.45) is 0 Å². The van der Waals surface area contributed by atoms with Crippen LogP contribution in [0.5, 0.6) is 5.75 Å². The maximum absolute atomic E-state index is 12.3. The lowest BCUT2D eigenvalue weighted by molar-refractivity contribution is -0.152. The first-order valence-electron chi connectivity index (χ1n) is 7.96. The molecule has 0 radical (unpaired) electrons. The Labute approximate surface area is 148 Å². The molecule has 0 bridgehead atoms. The van der Waals surface area contributed by atoms with E-state index in [-0.39, 0.29) is 13.3 Å². The number of rotatable bonds is 7. The van der Waals surface area contributed by atoms with E-state index in [1.54, 1.807) is 59.1 Å². The summed E-state index contributed by atoms with van der Waals surface area (Å²) >= 11 is 0. The second-order valence-corrected chi connectivity index (χ2v) is 6.50. The monoisotopic (exact) mass is 353 g/mol. The zero-order chi connectivity index (χ0) is 19.0. The van der Waals surface area contributed by atoms with Gasteiger partial charge in [0.25, 0.3) is 0 Å². The average molecular weight is 353 g/mol. The molecule has 1 atom stereocenters. The van der Waals surface area contributed by atoms with Crippen molar-refractivity contribution in [3.63, 3.8) is 0 Å². The van der Waals surface area contributed by atoms with Crippen LogP contribution < -0.4 is 4.74 Å². The van der Waals surface area contributed by atoms with E-state index >= 15 is 0 Å². The van der Waals surface area contributed by atoms with Gasteiger partial charge < -0.3 is 18.9 Å². The summed E-state index contributed by atoms with van der Waals surface area (Å²) < 4.78 is 20.7. The van der Waals surface area contributed by atoms with E-state index in [1.165, 1.54) is 12.0 Å². The number of ether oxygens (including phenoxy) is 4. The van der Waals surface area contributed by atoms with E-state index in [0.29, 0.717) is 0 Å². The topological polar surface area (TPSA) is 74.3 Å². The molecule has 0 N–H and O–H groups in total. The van der Waals surface area contributed by atoms with Gasteiger partial charge in [-0.25, -0.2) is 9.59 Å². The fraction of sp³-hybridized carbons (Fsp3) is 0.556. The van der Waals surface area contributed by atoms with Gasteiger partial charge in [0.15, 0.2) is 0 Å². The van der Waals surface area contributed by atoms with Gasteiger partial charge in [-0.15, -0.1) is 0 Å². The third kappa shape index (κ3) is 7.01. The highest BCUT2D eigenvalue weighted by atomic mass is 16.6. The number of benzene rings is 1. The van der Waals surface area contributed by atoms with E-state index in [0.717, 1.165) is 11.3 Å². The zero-order valence-electron chi connectivity index (χ0n) is 15.7. The van der Waals surface area contributed by atoms with E-state index < -0.39 is 23.7 Å². The Morgan fingerprint density at radius 1 is 1.12 bits per heavy atom. The molecule has 0 unspecified atom stereocenters. The number of nitrogens with zero attached hydrogens (tertiary/aromatic N) is 1. The molecule has 1 aromatic carbocycles. The number of hydrogen-bond donors (Lipinski definition) is 0. The molecule has 140 valence electrons. The normalized spacial score (nSPS) is 12.2. The fourth-order valence-corrected chi connectivity index (χ4v) is 1.91. The molecule has 0 spiro atoms. The average Bonchev–Trinajstić information content (AvgIpc) is 2.55. The number of hydrogen-bond acceptors (Lipinski definition) is 6. The summed E-state index contributed by atoms with van der Waals surface area (Å²) in [6.07, 6.45) is -0.636. The van der Waals surface area contributed by atoms with Crippen LogP contribution in [0.2, 0.25) is 0 Å². The molecule has 25 heavy (non-hydrogen) atoms. The summed E-state index contributed by atoms with van der Waals surface area (Å²) in [5.74, 6) is 0.179. The van der Waals surface area contributed by atoms with Crippen LogP contribution in [0.4, 0.5) is 4.79 Å². The van der Waals surface area contributed by atoms with Crippen LogP contribution in [0.15, 0.2) is 24.3 Å². The summed E-state index contributed by atoms with van der Waals surface area (Å²) in [4.78, 5) is 25.7. The number of methoxy groups -OCH3 is 2. The van der Waals surface area contributed by atoms with Gasteiger partial charge in [-0.05, 0) is 45.4 Å². The van der Waals surface area contributed by atoms with Gasteiger partial charge in [0.2, 0.25) is 0 Å². The van der Waals surface area contributed by atoms with Crippen LogP contribution in [0, 0.1) is 0 Å². The molecule has 0 aliphatic heterocycles. The Morgan fingerprint density at radius 2 is 1.72 bits per heavy atom. The quantitative estimate of drug-likeness (QED) is 0.554. The Hall–Kier alpha value is -2.28. The Bertz CT molecular complexity index is 564. The molecule has 1 rings (SSSR count). The number of carbonyl (C=O) groups is 2. The maximum atomic E-state index is 12.3. The summed E-state index contributed by atoms with van der Waals surface area (Å²) in [6.45, 7) is 6.85. The van der Waals surface area contributed by atoms with Gasteiger partial charge >= 0.3 is 12.1 Å². The van der Waals surface area contributed by atoms with E-state index in [2.05, 4.69) is 0 Å². The van der Waals surface area contributed by atoms with Gasteiger partial charge in [0.05, 0.1) is 7.11 Å². The highest BCUT2D eigenvalue weighted by Gasteiger charge is 2.30. The minimum absolute atomic E-state index is 0.0757. The minimum atomic E-state index is -0.840. The lowest BCUT2D eigenvalue weighted by Gasteiger charge is -2.29. The lowest BCUT2D eigenvalue weighted by Crippen LogP contribution is -2.47. The Morgan fingerprint density at radius 3 is 2.20 bits per heavy atom. The smallest absolute Gasteiger partial charge is 0.412 e. The molecular weight excluding hydrogens is 326 g/mol. The predicted octanol–water partition coefficient (Wildman–Crippen LogP) is 2.97. The third-order valence-electron chi connectivity index (χ3n) is 3.24. The first kappa shape index (κ1) is 20.8. The number of esters is 1. The molecule has 0 saturated heterocycles.